The van der Waals surface area contributed by atoms with Crippen molar-refractivity contribution in [1.29, 1.82) is 5.26 Å². The van der Waals surface area contributed by atoms with E-state index in [1.54, 1.807) is 19.5 Å². The summed E-state index contributed by atoms with van der Waals surface area (Å²) in [6.07, 6.45) is 8.69. The third kappa shape index (κ3) is 6.86. The van der Waals surface area contributed by atoms with Crippen LogP contribution in [-0.2, 0) is 9.47 Å². The molecule has 9 heteroatoms. The summed E-state index contributed by atoms with van der Waals surface area (Å²) in [6.45, 7) is 3.94. The molecule has 1 atom stereocenters. The Morgan fingerprint density at radius 1 is 1.25 bits per heavy atom. The first-order chi connectivity index (χ1) is 17.8. The molecule has 3 N–H and O–H groups in total. The van der Waals surface area contributed by atoms with Crippen LogP contribution in [-0.4, -0.2) is 61.5 Å². The van der Waals surface area contributed by atoms with Gasteiger partial charge in [0.1, 0.15) is 5.82 Å². The van der Waals surface area contributed by atoms with Crippen molar-refractivity contribution in [3.05, 3.63) is 35.6 Å². The second-order valence-corrected chi connectivity index (χ2v) is 10.3. The van der Waals surface area contributed by atoms with Crippen LogP contribution in [0.25, 0.3) is 11.3 Å². The molecule has 2 aromatic heterocycles. The Balaban J connectivity index is 1.47. The van der Waals surface area contributed by atoms with Crippen LogP contribution in [0.1, 0.15) is 46.8 Å². The van der Waals surface area contributed by atoms with Crippen molar-refractivity contribution in [1.82, 2.24) is 15.3 Å². The molecule has 2 fully saturated rings. The van der Waals surface area contributed by atoms with Gasteiger partial charge in [-0.3, -0.25) is 4.98 Å². The Morgan fingerprint density at radius 3 is 2.69 bits per heavy atom. The first-order valence-corrected chi connectivity index (χ1v) is 13.1. The highest BCUT2D eigenvalue weighted by Crippen LogP contribution is 2.35. The Morgan fingerprint density at radius 2 is 2.00 bits per heavy atom. The number of ether oxygens (including phenoxy) is 2. The molecule has 3 heterocycles. The smallest absolute Gasteiger partial charge is 0.126 e. The van der Waals surface area contributed by atoms with Gasteiger partial charge in [0, 0.05) is 64.3 Å². The maximum Gasteiger partial charge on any atom is 0.126 e. The lowest BCUT2D eigenvalue weighted by atomic mass is 9.82. The number of nitrogens with one attached hydrogen (secondary N) is 3. The molecule has 1 unspecified atom stereocenters. The minimum absolute atomic E-state index is 0.293. The van der Waals surface area contributed by atoms with Crippen molar-refractivity contribution < 1.29 is 10.8 Å². The van der Waals surface area contributed by atoms with Gasteiger partial charge in [-0.15, -0.1) is 0 Å². The monoisotopic (exact) mass is 513 g/mol. The number of aromatic nitrogens is 2. The van der Waals surface area contributed by atoms with Crippen molar-refractivity contribution in [2.45, 2.75) is 63.6 Å². The fourth-order valence-corrected chi connectivity index (χ4v) is 5.21. The zero-order valence-corrected chi connectivity index (χ0v) is 21.9. The van der Waals surface area contributed by atoms with Crippen LogP contribution >= 0.6 is 11.6 Å². The summed E-state index contributed by atoms with van der Waals surface area (Å²) in [7, 11) is 1.63. The fraction of sp³-hybridized carbons (Fsp3) is 0.593. The Bertz CT molecular complexity index is 1080. The highest BCUT2D eigenvalue weighted by Gasteiger charge is 2.32. The minimum Gasteiger partial charge on any atom is -0.383 e. The van der Waals surface area contributed by atoms with E-state index in [9.17, 15) is 5.26 Å². The molecule has 36 heavy (non-hydrogen) atoms. The van der Waals surface area contributed by atoms with Gasteiger partial charge in [0.15, 0.2) is 0 Å². The van der Waals surface area contributed by atoms with Gasteiger partial charge >= 0.3 is 0 Å². The molecule has 8 nitrogen and oxygen atoms in total. The molecule has 0 aromatic carbocycles. The van der Waals surface area contributed by atoms with Crippen LogP contribution in [0.5, 0.6) is 0 Å². The molecular formula is C27H37ClN6O2. The molecule has 1 aliphatic carbocycles. The molecule has 0 radical (unpaired) electrons. The molecule has 1 saturated heterocycles. The van der Waals surface area contributed by atoms with E-state index in [1.807, 2.05) is 25.1 Å². The van der Waals surface area contributed by atoms with Crippen molar-refractivity contribution in [3.63, 3.8) is 0 Å². The summed E-state index contributed by atoms with van der Waals surface area (Å²) in [5, 5.41) is 20.8. The molecule has 4 rings (SSSR count). The number of hydrogen-bond acceptors (Lipinski definition) is 8. The minimum atomic E-state index is -0.785. The van der Waals surface area contributed by atoms with Crippen LogP contribution in [0, 0.1) is 16.7 Å². The summed E-state index contributed by atoms with van der Waals surface area (Å²) in [5.41, 5.74) is 2.04. The fourth-order valence-electron chi connectivity index (χ4n) is 5.01. The third-order valence-electron chi connectivity index (χ3n) is 7.12. The van der Waals surface area contributed by atoms with Crippen molar-refractivity contribution >= 4 is 23.1 Å². The highest BCUT2D eigenvalue weighted by atomic mass is 35.5. The van der Waals surface area contributed by atoms with Crippen LogP contribution < -0.4 is 16.0 Å². The van der Waals surface area contributed by atoms with E-state index in [0.29, 0.717) is 62.1 Å². The largest absolute Gasteiger partial charge is 0.383 e. The SMILES string of the molecule is [2H]C(C)(COC)N[C@H]1CC[C@H](Nc2ccc(NCC3(C#N)CCOCC3)nc2-c2ccncc2Cl)CC1. The number of nitrogens with zero attached hydrogens (tertiary/aromatic N) is 3. The predicted molar refractivity (Wildman–Crippen MR) is 143 cm³/mol. The summed E-state index contributed by atoms with van der Waals surface area (Å²) in [5.74, 6) is 0.704. The normalized spacial score (nSPS) is 23.7. The molecule has 0 bridgehead atoms. The van der Waals surface area contributed by atoms with Gasteiger partial charge in [-0.25, -0.2) is 4.98 Å². The molecule has 2 aliphatic rings. The number of nitriles is 1. The van der Waals surface area contributed by atoms with E-state index in [0.717, 1.165) is 42.6 Å². The van der Waals surface area contributed by atoms with Gasteiger partial charge in [0.25, 0.3) is 0 Å². The maximum atomic E-state index is 9.80. The molecule has 0 spiro atoms. The molecular weight excluding hydrogens is 476 g/mol. The number of methoxy groups -OCH3 is 1. The quantitative estimate of drug-likeness (QED) is 0.413. The number of anilines is 2. The summed E-state index contributed by atoms with van der Waals surface area (Å²) in [4.78, 5) is 9.06. The predicted octanol–water partition coefficient (Wildman–Crippen LogP) is 4.88. The molecule has 194 valence electrons. The van der Waals surface area contributed by atoms with E-state index in [-0.39, 0.29) is 0 Å². The van der Waals surface area contributed by atoms with Crippen LogP contribution in [0.15, 0.2) is 30.6 Å². The standard InChI is InChI=1S/C27H37ClN6O2/c1-19(16-35-2)32-20-3-5-21(6-4-20)33-24-7-8-25(31-18-27(17-29)10-13-36-14-11-27)34-26(24)22-9-12-30-15-23(22)28/h7-9,12,15,19-21,32-33H,3-6,10-11,13-14,16,18H2,1-2H3,(H,31,34)/t19?,20-,21-/i19D. The zero-order chi connectivity index (χ0) is 26.3. The van der Waals surface area contributed by atoms with Gasteiger partial charge in [-0.05, 0) is 63.6 Å². The average Bonchev–Trinajstić information content (AvgIpc) is 2.90. The van der Waals surface area contributed by atoms with Crippen molar-refractivity contribution in [2.24, 2.45) is 5.41 Å². The Hall–Kier alpha value is -2.44. The molecule has 1 saturated carbocycles. The summed E-state index contributed by atoms with van der Waals surface area (Å²) >= 11 is 6.53. The van der Waals surface area contributed by atoms with Crippen LogP contribution in [0.2, 0.25) is 5.02 Å². The number of halogens is 1. The number of rotatable bonds is 10. The van der Waals surface area contributed by atoms with Crippen molar-refractivity contribution in [3.8, 4) is 17.3 Å². The van der Waals surface area contributed by atoms with Crippen molar-refractivity contribution in [2.75, 3.05) is 44.1 Å². The topological polar surface area (TPSA) is 104 Å². The third-order valence-corrected chi connectivity index (χ3v) is 7.42. The average molecular weight is 514 g/mol. The first-order valence-electron chi connectivity index (χ1n) is 13.2. The Labute approximate surface area is 220 Å². The molecule has 1 aliphatic heterocycles. The van der Waals surface area contributed by atoms with E-state index in [2.05, 4.69) is 27.0 Å². The van der Waals surface area contributed by atoms with E-state index < -0.39 is 11.4 Å². The van der Waals surface area contributed by atoms with E-state index >= 15 is 0 Å². The van der Waals surface area contributed by atoms with Gasteiger partial charge in [-0.1, -0.05) is 11.6 Å². The maximum absolute atomic E-state index is 9.80. The lowest BCUT2D eigenvalue weighted by Crippen LogP contribution is -2.42. The van der Waals surface area contributed by atoms with Crippen LogP contribution in [0.4, 0.5) is 11.5 Å². The Kier molecular flexibility index (Phi) is 8.89. The van der Waals surface area contributed by atoms with Gasteiger partial charge in [0.2, 0.25) is 0 Å². The summed E-state index contributed by atoms with van der Waals surface area (Å²) < 4.78 is 19.0. The molecule has 2 aromatic rings. The zero-order valence-electron chi connectivity index (χ0n) is 22.1. The summed E-state index contributed by atoms with van der Waals surface area (Å²) in [6, 6.07) is 8.17. The second-order valence-electron chi connectivity index (χ2n) is 9.86. The first kappa shape index (κ1) is 25.2. The van der Waals surface area contributed by atoms with Gasteiger partial charge in [0.05, 0.1) is 34.5 Å². The molecule has 0 amide bonds. The number of hydrogen-bond donors (Lipinski definition) is 3. The van der Waals surface area contributed by atoms with Gasteiger partial charge in [-0.2, -0.15) is 5.26 Å². The lowest BCUT2D eigenvalue weighted by molar-refractivity contribution is 0.0456. The van der Waals surface area contributed by atoms with Crippen LogP contribution in [0.3, 0.4) is 0 Å². The lowest BCUT2D eigenvalue weighted by Gasteiger charge is -2.32. The second kappa shape index (κ2) is 12.7. The highest BCUT2D eigenvalue weighted by molar-refractivity contribution is 6.33. The van der Waals surface area contributed by atoms with E-state index in [4.69, 9.17) is 27.4 Å². The van der Waals surface area contributed by atoms with Gasteiger partial charge < -0.3 is 25.4 Å². The van der Waals surface area contributed by atoms with E-state index in [1.165, 1.54) is 0 Å². The number of pyridine rings is 2.